The summed E-state index contributed by atoms with van der Waals surface area (Å²) < 4.78 is 0. The molecule has 84 valence electrons. The van der Waals surface area contributed by atoms with E-state index in [1.165, 1.54) is 11.1 Å². The average molecular weight is 214 g/mol. The molecular weight excluding hydrogens is 196 g/mol. The van der Waals surface area contributed by atoms with E-state index in [9.17, 15) is 4.79 Å². The van der Waals surface area contributed by atoms with Gasteiger partial charge >= 0.3 is 0 Å². The summed E-state index contributed by atoms with van der Waals surface area (Å²) in [5.74, 6) is 0. The van der Waals surface area contributed by atoms with Crippen molar-refractivity contribution in [1.82, 2.24) is 0 Å². The van der Waals surface area contributed by atoms with Crippen molar-refractivity contribution < 1.29 is 4.79 Å². The van der Waals surface area contributed by atoms with Crippen LogP contribution in [0.25, 0.3) is 5.57 Å². The maximum Gasteiger partial charge on any atom is 0.150 e. The van der Waals surface area contributed by atoms with Crippen molar-refractivity contribution in [3.63, 3.8) is 0 Å². The van der Waals surface area contributed by atoms with E-state index in [2.05, 4.69) is 18.2 Å². The number of benzene rings is 1. The number of hydrogen-bond donors (Lipinski definition) is 0. The fraction of sp³-hybridized carbons (Fsp3) is 0.267. The normalized spacial score (nSPS) is 13.5. The van der Waals surface area contributed by atoms with Gasteiger partial charge in [-0.1, -0.05) is 56.3 Å². The molecule has 16 heavy (non-hydrogen) atoms. The summed E-state index contributed by atoms with van der Waals surface area (Å²) in [5.41, 5.74) is 3.18. The van der Waals surface area contributed by atoms with Crippen molar-refractivity contribution in [3.05, 3.63) is 53.6 Å². The first-order valence-corrected chi connectivity index (χ1v) is 5.82. The largest absolute Gasteiger partial charge is 0.298 e. The molecule has 1 aliphatic rings. The molecule has 0 aliphatic heterocycles. The van der Waals surface area contributed by atoms with Crippen molar-refractivity contribution in [2.45, 2.75) is 26.7 Å². The summed E-state index contributed by atoms with van der Waals surface area (Å²) in [4.78, 5) is 10.5. The van der Waals surface area contributed by atoms with Crippen LogP contribution in [0.5, 0.6) is 0 Å². The van der Waals surface area contributed by atoms with Crippen molar-refractivity contribution >= 4 is 11.9 Å². The molecule has 2 rings (SSSR count). The maximum atomic E-state index is 10.5. The third-order valence-electron chi connectivity index (χ3n) is 2.38. The zero-order valence-electron chi connectivity index (χ0n) is 9.94. The second-order valence-electron chi connectivity index (χ2n) is 3.38. The summed E-state index contributed by atoms with van der Waals surface area (Å²) in [5, 5.41) is 0. The molecule has 0 spiro atoms. The molecule has 1 aliphatic carbocycles. The van der Waals surface area contributed by atoms with Gasteiger partial charge in [0.2, 0.25) is 0 Å². The molecule has 1 aromatic rings. The van der Waals surface area contributed by atoms with E-state index in [1.54, 1.807) is 0 Å². The second kappa shape index (κ2) is 6.78. The molecule has 1 nitrogen and oxygen atoms in total. The van der Waals surface area contributed by atoms with Gasteiger partial charge in [0, 0.05) is 5.56 Å². The quantitative estimate of drug-likeness (QED) is 0.672. The molecular formula is C15H18O. The summed E-state index contributed by atoms with van der Waals surface area (Å²) in [6, 6.07) is 7.69. The number of carbonyl (C=O) groups is 1. The lowest BCUT2D eigenvalue weighted by molar-refractivity contribution is 0.112. The van der Waals surface area contributed by atoms with Gasteiger partial charge in [-0.25, -0.2) is 0 Å². The summed E-state index contributed by atoms with van der Waals surface area (Å²) in [6.07, 6.45) is 9.67. The van der Waals surface area contributed by atoms with Gasteiger partial charge in [-0.2, -0.15) is 0 Å². The lowest BCUT2D eigenvalue weighted by Gasteiger charge is -2.06. The molecule has 0 saturated heterocycles. The molecule has 0 saturated carbocycles. The van der Waals surface area contributed by atoms with Gasteiger partial charge in [-0.15, -0.1) is 0 Å². The Balaban J connectivity index is 0.000000606. The third-order valence-corrected chi connectivity index (χ3v) is 2.38. The minimum atomic E-state index is 0.731. The number of hydrogen-bond acceptors (Lipinski definition) is 1. The molecule has 0 fully saturated rings. The van der Waals surface area contributed by atoms with E-state index in [1.807, 2.05) is 38.1 Å². The zero-order chi connectivity index (χ0) is 11.8. The molecule has 0 heterocycles. The first kappa shape index (κ1) is 12.4. The first-order valence-electron chi connectivity index (χ1n) is 5.82. The molecule has 0 N–H and O–H groups in total. The Kier molecular flexibility index (Phi) is 5.27. The van der Waals surface area contributed by atoms with Crippen LogP contribution in [0.4, 0.5) is 0 Å². The predicted molar refractivity (Wildman–Crippen MR) is 69.5 cm³/mol. The smallest absolute Gasteiger partial charge is 0.150 e. The van der Waals surface area contributed by atoms with E-state index < -0.39 is 0 Å². The lowest BCUT2D eigenvalue weighted by Crippen LogP contribution is -1.86. The summed E-state index contributed by atoms with van der Waals surface area (Å²) in [6.45, 7) is 4.00. The Morgan fingerprint density at radius 1 is 1.06 bits per heavy atom. The zero-order valence-corrected chi connectivity index (χ0v) is 9.94. The average Bonchev–Trinajstić information content (AvgIpc) is 2.42. The highest BCUT2D eigenvalue weighted by Gasteiger charge is 2.00. The van der Waals surface area contributed by atoms with Crippen molar-refractivity contribution in [2.75, 3.05) is 0 Å². The molecule has 0 atom stereocenters. The van der Waals surface area contributed by atoms with Crippen LogP contribution in [0.1, 0.15) is 42.6 Å². The van der Waals surface area contributed by atoms with Crippen molar-refractivity contribution in [1.29, 1.82) is 0 Å². The molecule has 1 heteroatoms. The Bertz CT molecular complexity index is 382. The van der Waals surface area contributed by atoms with Crippen LogP contribution in [0.3, 0.4) is 0 Å². The standard InChI is InChI=1S/C13H12O.C2H6/c14-10-11-6-8-13(9-7-11)12-4-2-1-3-5-12;1-2/h2,4-10H,1,3H2;1-2H3. The Morgan fingerprint density at radius 3 is 2.25 bits per heavy atom. The monoisotopic (exact) mass is 214 g/mol. The predicted octanol–water partition coefficient (Wildman–Crippen LogP) is 4.26. The van der Waals surface area contributed by atoms with Crippen LogP contribution >= 0.6 is 0 Å². The van der Waals surface area contributed by atoms with Crippen LogP contribution in [-0.4, -0.2) is 6.29 Å². The van der Waals surface area contributed by atoms with Crippen molar-refractivity contribution in [2.24, 2.45) is 0 Å². The topological polar surface area (TPSA) is 17.1 Å². The number of allylic oxidation sites excluding steroid dienone is 4. The van der Waals surface area contributed by atoms with Gasteiger partial charge in [-0.05, 0) is 24.0 Å². The van der Waals surface area contributed by atoms with Gasteiger partial charge in [-0.3, -0.25) is 4.79 Å². The molecule has 0 bridgehead atoms. The molecule has 1 aromatic carbocycles. The highest BCUT2D eigenvalue weighted by atomic mass is 16.1. The maximum absolute atomic E-state index is 10.5. The van der Waals surface area contributed by atoms with Gasteiger partial charge < -0.3 is 0 Å². The SMILES string of the molecule is CC.O=Cc1ccc(C2=CCCC=C2)cc1. The molecule has 0 aromatic heterocycles. The molecule has 0 unspecified atom stereocenters. The van der Waals surface area contributed by atoms with Crippen LogP contribution in [0.15, 0.2) is 42.5 Å². The minimum absolute atomic E-state index is 0.731. The second-order valence-corrected chi connectivity index (χ2v) is 3.38. The number of carbonyl (C=O) groups excluding carboxylic acids is 1. The van der Waals surface area contributed by atoms with Crippen molar-refractivity contribution in [3.8, 4) is 0 Å². The van der Waals surface area contributed by atoms with E-state index >= 15 is 0 Å². The Labute approximate surface area is 97.5 Å². The molecule has 0 radical (unpaired) electrons. The van der Waals surface area contributed by atoms with Crippen LogP contribution in [0, 0.1) is 0 Å². The highest BCUT2D eigenvalue weighted by molar-refractivity contribution is 5.79. The van der Waals surface area contributed by atoms with E-state index in [0.717, 1.165) is 24.7 Å². The third kappa shape index (κ3) is 3.20. The lowest BCUT2D eigenvalue weighted by atomic mass is 9.99. The van der Waals surface area contributed by atoms with E-state index in [0.29, 0.717) is 0 Å². The van der Waals surface area contributed by atoms with Crippen LogP contribution in [0.2, 0.25) is 0 Å². The summed E-state index contributed by atoms with van der Waals surface area (Å²) in [7, 11) is 0. The molecule has 0 amide bonds. The van der Waals surface area contributed by atoms with Crippen LogP contribution < -0.4 is 0 Å². The van der Waals surface area contributed by atoms with Gasteiger partial charge in [0.05, 0.1) is 0 Å². The minimum Gasteiger partial charge on any atom is -0.298 e. The Morgan fingerprint density at radius 2 is 1.75 bits per heavy atom. The van der Waals surface area contributed by atoms with Gasteiger partial charge in [0.25, 0.3) is 0 Å². The fourth-order valence-corrected chi connectivity index (χ4v) is 1.58. The van der Waals surface area contributed by atoms with E-state index in [4.69, 9.17) is 0 Å². The fourth-order valence-electron chi connectivity index (χ4n) is 1.58. The van der Waals surface area contributed by atoms with Gasteiger partial charge in [0.15, 0.2) is 0 Å². The summed E-state index contributed by atoms with van der Waals surface area (Å²) >= 11 is 0. The number of aldehydes is 1. The van der Waals surface area contributed by atoms with Gasteiger partial charge in [0.1, 0.15) is 6.29 Å². The number of rotatable bonds is 2. The highest BCUT2D eigenvalue weighted by Crippen LogP contribution is 2.21. The first-order chi connectivity index (χ1) is 7.90. The van der Waals surface area contributed by atoms with Crippen LogP contribution in [-0.2, 0) is 0 Å². The van der Waals surface area contributed by atoms with E-state index in [-0.39, 0.29) is 0 Å². The Hall–Kier alpha value is -1.63.